The molecule has 0 aliphatic carbocycles. The molecule has 0 bridgehead atoms. The SMILES string of the molecule is [2H]C([2H])([2H])Oc1c2n(c(=O)n(CCNC(N)=O)c1=Nc1c(C)cc(C)cc1C)CCc1cc(OC)ccc1-2. The molecule has 0 saturated heterocycles. The lowest BCUT2D eigenvalue weighted by atomic mass is 9.97. The maximum Gasteiger partial charge on any atom is 0.330 e. The number of ether oxygens (including phenoxy) is 2. The van der Waals surface area contributed by atoms with Gasteiger partial charge in [-0.3, -0.25) is 9.13 Å². The Bertz CT molecular complexity index is 1520. The van der Waals surface area contributed by atoms with Crippen LogP contribution in [0.25, 0.3) is 11.3 Å². The molecule has 3 aromatic rings. The summed E-state index contributed by atoms with van der Waals surface area (Å²) in [6.45, 7) is 6.09. The van der Waals surface area contributed by atoms with Gasteiger partial charge in [-0.15, -0.1) is 0 Å². The Morgan fingerprint density at radius 3 is 2.60 bits per heavy atom. The van der Waals surface area contributed by atoms with E-state index in [1.54, 1.807) is 19.2 Å². The highest BCUT2D eigenvalue weighted by Crippen LogP contribution is 2.35. The van der Waals surface area contributed by atoms with Gasteiger partial charge in [0.25, 0.3) is 0 Å². The predicted octanol–water partition coefficient (Wildman–Crippen LogP) is 2.72. The Morgan fingerprint density at radius 1 is 1.20 bits per heavy atom. The molecule has 2 heterocycles. The molecule has 4 rings (SSSR count). The van der Waals surface area contributed by atoms with E-state index in [-0.39, 0.29) is 30.9 Å². The lowest BCUT2D eigenvalue weighted by Crippen LogP contribution is -2.45. The van der Waals surface area contributed by atoms with E-state index in [2.05, 4.69) is 5.32 Å². The van der Waals surface area contributed by atoms with Crippen LogP contribution in [-0.4, -0.2) is 35.9 Å². The first-order valence-electron chi connectivity index (χ1n) is 12.8. The molecule has 0 fully saturated rings. The Labute approximate surface area is 208 Å². The first-order chi connectivity index (χ1) is 17.9. The van der Waals surface area contributed by atoms with Crippen LogP contribution < -0.4 is 31.7 Å². The van der Waals surface area contributed by atoms with Crippen molar-refractivity contribution in [1.82, 2.24) is 14.5 Å². The fourth-order valence-corrected chi connectivity index (χ4v) is 4.68. The second-order valence-corrected chi connectivity index (χ2v) is 8.61. The van der Waals surface area contributed by atoms with Crippen molar-refractivity contribution >= 4 is 11.7 Å². The van der Waals surface area contributed by atoms with Crippen LogP contribution in [0.3, 0.4) is 0 Å². The van der Waals surface area contributed by atoms with Gasteiger partial charge >= 0.3 is 11.7 Å². The summed E-state index contributed by atoms with van der Waals surface area (Å²) in [4.78, 5) is 30.1. The topological polar surface area (TPSA) is 113 Å². The number of benzene rings is 2. The van der Waals surface area contributed by atoms with Crippen LogP contribution in [0.2, 0.25) is 0 Å². The van der Waals surface area contributed by atoms with Gasteiger partial charge in [0.05, 0.1) is 29.6 Å². The molecule has 0 spiro atoms. The zero-order valence-electron chi connectivity index (χ0n) is 23.3. The number of fused-ring (bicyclic) bond motifs is 3. The maximum atomic E-state index is 13.9. The van der Waals surface area contributed by atoms with Crippen molar-refractivity contribution in [2.75, 3.05) is 20.7 Å². The summed E-state index contributed by atoms with van der Waals surface area (Å²) in [5.41, 5.74) is 10.1. The van der Waals surface area contributed by atoms with E-state index in [0.717, 1.165) is 22.3 Å². The van der Waals surface area contributed by atoms with Crippen molar-refractivity contribution in [3.05, 3.63) is 68.6 Å². The van der Waals surface area contributed by atoms with E-state index < -0.39 is 18.8 Å². The number of aromatic nitrogens is 2. The van der Waals surface area contributed by atoms with E-state index in [9.17, 15) is 9.59 Å². The van der Waals surface area contributed by atoms with Crippen LogP contribution in [0.5, 0.6) is 11.5 Å². The van der Waals surface area contributed by atoms with E-state index in [1.807, 2.05) is 39.0 Å². The number of carbonyl (C=O) groups excluding carboxylic acids is 1. The summed E-state index contributed by atoms with van der Waals surface area (Å²) in [6.07, 6.45) is 0.527. The minimum absolute atomic E-state index is 0.00231. The number of hydrogen-bond acceptors (Lipinski definition) is 5. The molecule has 0 saturated carbocycles. The third kappa shape index (κ3) is 4.53. The molecule has 0 radical (unpaired) electrons. The number of amides is 2. The van der Waals surface area contributed by atoms with Crippen LogP contribution in [0, 0.1) is 20.8 Å². The van der Waals surface area contributed by atoms with E-state index in [1.165, 1.54) is 9.13 Å². The lowest BCUT2D eigenvalue weighted by Gasteiger charge is -2.26. The summed E-state index contributed by atoms with van der Waals surface area (Å²) in [7, 11) is -1.26. The summed E-state index contributed by atoms with van der Waals surface area (Å²) in [5, 5.41) is 2.48. The number of rotatable bonds is 6. The third-order valence-corrected chi connectivity index (χ3v) is 6.17. The number of aryl methyl sites for hydroxylation is 4. The highest BCUT2D eigenvalue weighted by molar-refractivity contribution is 5.72. The zero-order valence-corrected chi connectivity index (χ0v) is 20.3. The standard InChI is InChI=1S/C26H31N5O4/c1-15-12-16(2)21(17(3)13-15)29-24-23(35-5)22-20-7-6-19(34-4)14-18(20)8-10-30(22)26(33)31(24)11-9-28-25(27)32/h6-7,12-14H,8-11H2,1-5H3,(H3,27,28,32)/i5D3. The molecule has 0 unspecified atom stereocenters. The highest BCUT2D eigenvalue weighted by Gasteiger charge is 2.26. The van der Waals surface area contributed by atoms with Gasteiger partial charge in [-0.25, -0.2) is 14.6 Å². The normalized spacial score (nSPS) is 14.3. The molecule has 35 heavy (non-hydrogen) atoms. The van der Waals surface area contributed by atoms with Gasteiger partial charge in [-0.1, -0.05) is 17.7 Å². The molecule has 1 aliphatic rings. The summed E-state index contributed by atoms with van der Waals surface area (Å²) >= 11 is 0. The fraction of sp³-hybridized carbons (Fsp3) is 0.346. The quantitative estimate of drug-likeness (QED) is 0.565. The number of carbonyl (C=O) groups is 1. The first-order valence-corrected chi connectivity index (χ1v) is 11.3. The average Bonchev–Trinajstić information content (AvgIpc) is 2.83. The minimum Gasteiger partial charge on any atom is -0.497 e. The maximum absolute atomic E-state index is 13.9. The molecular weight excluding hydrogens is 446 g/mol. The summed E-state index contributed by atoms with van der Waals surface area (Å²) < 4.78 is 37.6. The van der Waals surface area contributed by atoms with E-state index in [4.69, 9.17) is 24.3 Å². The molecule has 184 valence electrons. The fourth-order valence-electron chi connectivity index (χ4n) is 4.68. The molecule has 1 aromatic heterocycles. The van der Waals surface area contributed by atoms with Gasteiger partial charge in [0.2, 0.25) is 0 Å². The summed E-state index contributed by atoms with van der Waals surface area (Å²) in [5.74, 6) is 0.603. The minimum atomic E-state index is -2.83. The van der Waals surface area contributed by atoms with Crippen molar-refractivity contribution < 1.29 is 18.4 Å². The van der Waals surface area contributed by atoms with Gasteiger partial charge in [0, 0.05) is 25.2 Å². The van der Waals surface area contributed by atoms with Crippen molar-refractivity contribution in [2.24, 2.45) is 10.7 Å². The van der Waals surface area contributed by atoms with E-state index in [0.29, 0.717) is 29.1 Å². The largest absolute Gasteiger partial charge is 0.497 e. The molecule has 9 heteroatoms. The molecule has 9 nitrogen and oxygen atoms in total. The predicted molar refractivity (Wildman–Crippen MR) is 134 cm³/mol. The highest BCUT2D eigenvalue weighted by atomic mass is 16.5. The van der Waals surface area contributed by atoms with Crippen LogP contribution in [0.1, 0.15) is 26.4 Å². The second-order valence-electron chi connectivity index (χ2n) is 8.61. The second kappa shape index (κ2) is 9.69. The van der Waals surface area contributed by atoms with Gasteiger partial charge in [0.15, 0.2) is 11.2 Å². The van der Waals surface area contributed by atoms with E-state index >= 15 is 0 Å². The Balaban J connectivity index is 2.13. The first kappa shape index (κ1) is 20.4. The number of nitrogens with zero attached hydrogens (tertiary/aromatic N) is 3. The summed E-state index contributed by atoms with van der Waals surface area (Å²) in [6, 6.07) is 8.58. The van der Waals surface area contributed by atoms with Crippen molar-refractivity contribution in [1.29, 1.82) is 0 Å². The molecule has 1 aliphatic heterocycles. The number of nitrogens with two attached hydrogens (primary N) is 1. The number of nitrogens with one attached hydrogen (secondary N) is 1. The van der Waals surface area contributed by atoms with Crippen molar-refractivity contribution in [3.8, 4) is 22.8 Å². The van der Waals surface area contributed by atoms with Gasteiger partial charge in [-0.05, 0) is 62.1 Å². The van der Waals surface area contributed by atoms with Crippen molar-refractivity contribution in [3.63, 3.8) is 0 Å². The Kier molecular flexibility index (Phi) is 5.64. The van der Waals surface area contributed by atoms with Crippen LogP contribution in [0.15, 0.2) is 40.1 Å². The van der Waals surface area contributed by atoms with Gasteiger partial charge < -0.3 is 20.5 Å². The molecule has 2 aromatic carbocycles. The number of primary amides is 1. The number of hydrogen-bond donors (Lipinski definition) is 2. The van der Waals surface area contributed by atoms with Crippen LogP contribution >= 0.6 is 0 Å². The molecule has 2 amide bonds. The Hall–Kier alpha value is -4.01. The van der Waals surface area contributed by atoms with Crippen molar-refractivity contribution in [2.45, 2.75) is 40.3 Å². The number of methoxy groups -OCH3 is 2. The molecular formula is C26H31N5O4. The van der Waals surface area contributed by atoms with Gasteiger partial charge in [0.1, 0.15) is 5.75 Å². The smallest absolute Gasteiger partial charge is 0.330 e. The number of urea groups is 1. The molecule has 0 atom stereocenters. The third-order valence-electron chi connectivity index (χ3n) is 6.17. The monoisotopic (exact) mass is 480 g/mol. The Morgan fingerprint density at radius 2 is 1.94 bits per heavy atom. The zero-order chi connectivity index (χ0) is 27.8. The lowest BCUT2D eigenvalue weighted by molar-refractivity contribution is 0.248. The molecule has 3 N–H and O–H groups in total. The van der Waals surface area contributed by atoms with Crippen LogP contribution in [0.4, 0.5) is 10.5 Å². The average molecular weight is 481 g/mol. The van der Waals surface area contributed by atoms with Crippen LogP contribution in [-0.2, 0) is 19.5 Å². The van der Waals surface area contributed by atoms with Gasteiger partial charge in [-0.2, -0.15) is 0 Å².